The lowest BCUT2D eigenvalue weighted by molar-refractivity contribution is 0.0910. The second kappa shape index (κ2) is 8.19. The van der Waals surface area contributed by atoms with E-state index in [1.54, 1.807) is 43.3 Å². The molecule has 120 valence electrons. The number of halogens is 1. The second-order valence-electron chi connectivity index (χ2n) is 4.36. The number of nitrogens with one attached hydrogen (secondary N) is 2. The van der Waals surface area contributed by atoms with Gasteiger partial charge in [-0.3, -0.25) is 10.2 Å². The van der Waals surface area contributed by atoms with Crippen LogP contribution in [0.15, 0.2) is 53.0 Å². The van der Waals surface area contributed by atoms with Gasteiger partial charge in [-0.15, -0.1) is 0 Å². The number of hydrazine groups is 1. The third-order valence-electron chi connectivity index (χ3n) is 2.71. The van der Waals surface area contributed by atoms with E-state index in [-0.39, 0.29) is 12.2 Å². The molecule has 0 fully saturated rings. The largest absolute Gasteiger partial charge is 0.456 e. The molecule has 0 aliphatic rings. The lowest BCUT2D eigenvalue weighted by Gasteiger charge is -2.12. The van der Waals surface area contributed by atoms with Gasteiger partial charge in [-0.25, -0.2) is 10.2 Å². The quantitative estimate of drug-likeness (QED) is 0.796. The standard InChI is InChI=1S/C16H15BrN2O4/c1-2-22-16(21)19-18-15(20)13-8-3-4-9-14(13)23-12-7-5-6-11(17)10-12/h3-10H,2H2,1H3,(H,18,20)(H,19,21). The fraction of sp³-hybridized carbons (Fsp3) is 0.125. The highest BCUT2D eigenvalue weighted by molar-refractivity contribution is 9.10. The van der Waals surface area contributed by atoms with E-state index in [4.69, 9.17) is 4.74 Å². The van der Waals surface area contributed by atoms with Crippen molar-refractivity contribution in [1.82, 2.24) is 10.9 Å². The average Bonchev–Trinajstić information content (AvgIpc) is 2.53. The molecular weight excluding hydrogens is 364 g/mol. The zero-order chi connectivity index (χ0) is 16.7. The van der Waals surface area contributed by atoms with Gasteiger partial charge >= 0.3 is 6.09 Å². The van der Waals surface area contributed by atoms with E-state index in [0.29, 0.717) is 11.5 Å². The Labute approximate surface area is 141 Å². The lowest BCUT2D eigenvalue weighted by atomic mass is 10.2. The van der Waals surface area contributed by atoms with Crippen LogP contribution in [0.3, 0.4) is 0 Å². The molecule has 0 aromatic heterocycles. The summed E-state index contributed by atoms with van der Waals surface area (Å²) in [6.07, 6.45) is -0.730. The number of carbonyl (C=O) groups excluding carboxylic acids is 2. The van der Waals surface area contributed by atoms with Gasteiger partial charge in [0.15, 0.2) is 0 Å². The van der Waals surface area contributed by atoms with E-state index in [1.807, 2.05) is 12.1 Å². The van der Waals surface area contributed by atoms with Crippen molar-refractivity contribution in [3.05, 3.63) is 58.6 Å². The van der Waals surface area contributed by atoms with Gasteiger partial charge in [0, 0.05) is 4.47 Å². The van der Waals surface area contributed by atoms with Gasteiger partial charge < -0.3 is 9.47 Å². The zero-order valence-corrected chi connectivity index (χ0v) is 13.9. The van der Waals surface area contributed by atoms with Crippen molar-refractivity contribution >= 4 is 27.9 Å². The van der Waals surface area contributed by atoms with E-state index in [0.717, 1.165) is 4.47 Å². The summed E-state index contributed by atoms with van der Waals surface area (Å²) in [4.78, 5) is 23.4. The molecule has 0 saturated carbocycles. The van der Waals surface area contributed by atoms with Crippen LogP contribution in [0.2, 0.25) is 0 Å². The number of hydrogen-bond acceptors (Lipinski definition) is 4. The van der Waals surface area contributed by atoms with Crippen LogP contribution in [0.1, 0.15) is 17.3 Å². The van der Waals surface area contributed by atoms with Crippen molar-refractivity contribution in [2.45, 2.75) is 6.92 Å². The first-order valence-corrected chi connectivity index (χ1v) is 7.65. The van der Waals surface area contributed by atoms with Crippen LogP contribution in [-0.4, -0.2) is 18.6 Å². The van der Waals surface area contributed by atoms with Gasteiger partial charge in [-0.1, -0.05) is 34.1 Å². The fourth-order valence-corrected chi connectivity index (χ4v) is 2.12. The molecule has 0 bridgehead atoms. The minimum Gasteiger partial charge on any atom is -0.456 e. The van der Waals surface area contributed by atoms with Crippen LogP contribution in [0.4, 0.5) is 4.79 Å². The van der Waals surface area contributed by atoms with Gasteiger partial charge in [0.1, 0.15) is 11.5 Å². The first-order chi connectivity index (χ1) is 11.1. The van der Waals surface area contributed by atoms with Crippen LogP contribution in [0, 0.1) is 0 Å². The average molecular weight is 379 g/mol. The van der Waals surface area contributed by atoms with Crippen molar-refractivity contribution in [1.29, 1.82) is 0 Å². The van der Waals surface area contributed by atoms with Crippen LogP contribution in [-0.2, 0) is 4.74 Å². The van der Waals surface area contributed by atoms with E-state index in [9.17, 15) is 9.59 Å². The Morgan fingerprint density at radius 2 is 1.87 bits per heavy atom. The molecule has 2 aromatic carbocycles. The maximum absolute atomic E-state index is 12.2. The normalized spacial score (nSPS) is 9.83. The number of amides is 2. The summed E-state index contributed by atoms with van der Waals surface area (Å²) in [5.41, 5.74) is 4.71. The molecule has 0 aliphatic heterocycles. The molecule has 0 spiro atoms. The Kier molecular flexibility index (Phi) is 5.99. The smallest absolute Gasteiger partial charge is 0.426 e. The van der Waals surface area contributed by atoms with Gasteiger partial charge in [0.2, 0.25) is 0 Å². The first kappa shape index (κ1) is 16.8. The number of hydrogen-bond donors (Lipinski definition) is 2. The molecule has 0 aliphatic carbocycles. The SMILES string of the molecule is CCOC(=O)NNC(=O)c1ccccc1Oc1cccc(Br)c1. The fourth-order valence-electron chi connectivity index (χ4n) is 1.74. The lowest BCUT2D eigenvalue weighted by Crippen LogP contribution is -2.42. The molecule has 7 heteroatoms. The maximum Gasteiger partial charge on any atom is 0.426 e. The van der Waals surface area contributed by atoms with Crippen LogP contribution in [0.5, 0.6) is 11.5 Å². The molecular formula is C16H15BrN2O4. The molecule has 0 atom stereocenters. The van der Waals surface area contributed by atoms with Crippen molar-refractivity contribution in [3.63, 3.8) is 0 Å². The van der Waals surface area contributed by atoms with Crippen molar-refractivity contribution in [2.24, 2.45) is 0 Å². The molecule has 0 saturated heterocycles. The van der Waals surface area contributed by atoms with Crippen LogP contribution < -0.4 is 15.6 Å². The van der Waals surface area contributed by atoms with Crippen LogP contribution >= 0.6 is 15.9 Å². The van der Waals surface area contributed by atoms with Gasteiger partial charge in [-0.2, -0.15) is 0 Å². The summed E-state index contributed by atoms with van der Waals surface area (Å²) in [5.74, 6) is 0.440. The van der Waals surface area contributed by atoms with Crippen molar-refractivity contribution in [2.75, 3.05) is 6.61 Å². The number of benzene rings is 2. The molecule has 0 heterocycles. The van der Waals surface area contributed by atoms with Crippen molar-refractivity contribution < 1.29 is 19.1 Å². The summed E-state index contributed by atoms with van der Waals surface area (Å²) in [7, 11) is 0. The molecule has 2 N–H and O–H groups in total. The Balaban J connectivity index is 2.10. The summed E-state index contributed by atoms with van der Waals surface area (Å²) >= 11 is 3.36. The highest BCUT2D eigenvalue weighted by atomic mass is 79.9. The molecule has 6 nitrogen and oxygen atoms in total. The minimum absolute atomic E-state index is 0.213. The number of carbonyl (C=O) groups is 2. The minimum atomic E-state index is -0.730. The van der Waals surface area contributed by atoms with E-state index < -0.39 is 12.0 Å². The molecule has 2 aromatic rings. The molecule has 23 heavy (non-hydrogen) atoms. The van der Waals surface area contributed by atoms with E-state index in [2.05, 4.69) is 31.5 Å². The Hall–Kier alpha value is -2.54. The van der Waals surface area contributed by atoms with Crippen LogP contribution in [0.25, 0.3) is 0 Å². The summed E-state index contributed by atoms with van der Waals surface area (Å²) < 4.78 is 11.3. The Morgan fingerprint density at radius 1 is 1.09 bits per heavy atom. The molecule has 0 radical (unpaired) electrons. The highest BCUT2D eigenvalue weighted by Crippen LogP contribution is 2.27. The monoisotopic (exact) mass is 378 g/mol. The van der Waals surface area contributed by atoms with Crippen molar-refractivity contribution in [3.8, 4) is 11.5 Å². The first-order valence-electron chi connectivity index (χ1n) is 6.85. The number of ether oxygens (including phenoxy) is 2. The second-order valence-corrected chi connectivity index (χ2v) is 5.27. The van der Waals surface area contributed by atoms with E-state index in [1.165, 1.54) is 0 Å². The molecule has 2 amide bonds. The molecule has 2 rings (SSSR count). The predicted octanol–water partition coefficient (Wildman–Crippen LogP) is 3.63. The van der Waals surface area contributed by atoms with E-state index >= 15 is 0 Å². The third kappa shape index (κ3) is 5.00. The summed E-state index contributed by atoms with van der Waals surface area (Å²) in [6.45, 7) is 1.88. The summed E-state index contributed by atoms with van der Waals surface area (Å²) in [6, 6.07) is 14.0. The van der Waals surface area contributed by atoms with Gasteiger partial charge in [0.05, 0.1) is 12.2 Å². The van der Waals surface area contributed by atoms with Gasteiger partial charge in [0.25, 0.3) is 5.91 Å². The van der Waals surface area contributed by atoms with Gasteiger partial charge in [-0.05, 0) is 37.3 Å². The topological polar surface area (TPSA) is 76.7 Å². The molecule has 0 unspecified atom stereocenters. The number of rotatable bonds is 4. The Bertz CT molecular complexity index is 706. The predicted molar refractivity (Wildman–Crippen MR) is 88.3 cm³/mol. The highest BCUT2D eigenvalue weighted by Gasteiger charge is 2.13. The Morgan fingerprint density at radius 3 is 2.61 bits per heavy atom. The summed E-state index contributed by atoms with van der Waals surface area (Å²) in [5, 5.41) is 0. The maximum atomic E-state index is 12.2. The zero-order valence-electron chi connectivity index (χ0n) is 12.3. The third-order valence-corrected chi connectivity index (χ3v) is 3.20. The number of para-hydroxylation sites is 1.